The van der Waals surface area contributed by atoms with E-state index in [0.29, 0.717) is 16.9 Å². The van der Waals surface area contributed by atoms with Crippen molar-refractivity contribution in [3.05, 3.63) is 58.8 Å². The van der Waals surface area contributed by atoms with Gasteiger partial charge in [0.2, 0.25) is 0 Å². The summed E-state index contributed by atoms with van der Waals surface area (Å²) < 4.78 is 18.5. The minimum atomic E-state index is -0.429. The molecule has 6 nitrogen and oxygen atoms in total. The Balaban J connectivity index is 1.77. The molecule has 2 amide bonds. The molecule has 4 N–H and O–H groups in total. The lowest BCUT2D eigenvalue weighted by Gasteiger charge is -2.07. The first-order valence-electron chi connectivity index (χ1n) is 7.11. The second kappa shape index (κ2) is 7.55. The number of nitrogens with two attached hydrogens (primary N) is 1. The predicted octanol–water partition coefficient (Wildman–Crippen LogP) is 1.35. The van der Waals surface area contributed by atoms with Gasteiger partial charge in [-0.25, -0.2) is 4.39 Å². The Labute approximate surface area is 132 Å². The average Bonchev–Trinajstić information content (AvgIpc) is 3.03. The van der Waals surface area contributed by atoms with E-state index in [4.69, 9.17) is 10.2 Å². The molecule has 122 valence electrons. The van der Waals surface area contributed by atoms with E-state index in [1.54, 1.807) is 25.1 Å². The van der Waals surface area contributed by atoms with Crippen LogP contribution in [0.3, 0.4) is 0 Å². The Morgan fingerprint density at radius 2 is 1.78 bits per heavy atom. The molecule has 7 heteroatoms. The first-order chi connectivity index (χ1) is 11.0. The molecule has 0 bridgehead atoms. The summed E-state index contributed by atoms with van der Waals surface area (Å²) in [4.78, 5) is 23.6. The number of carbonyl (C=O) groups is 2. The highest BCUT2D eigenvalue weighted by molar-refractivity contribution is 5.95. The van der Waals surface area contributed by atoms with Crippen molar-refractivity contribution in [3.63, 3.8) is 0 Å². The second-order valence-corrected chi connectivity index (χ2v) is 4.98. The van der Waals surface area contributed by atoms with Gasteiger partial charge in [0.05, 0.1) is 12.1 Å². The van der Waals surface area contributed by atoms with Gasteiger partial charge in [0, 0.05) is 18.7 Å². The van der Waals surface area contributed by atoms with E-state index in [1.807, 2.05) is 0 Å². The molecule has 0 atom stereocenters. The van der Waals surface area contributed by atoms with Crippen LogP contribution in [0.5, 0.6) is 0 Å². The summed E-state index contributed by atoms with van der Waals surface area (Å²) in [6.07, 6.45) is 1.32. The van der Waals surface area contributed by atoms with E-state index < -0.39 is 11.7 Å². The van der Waals surface area contributed by atoms with Crippen LogP contribution >= 0.6 is 0 Å². The van der Waals surface area contributed by atoms with Gasteiger partial charge in [-0.05, 0) is 30.7 Å². The van der Waals surface area contributed by atoms with Crippen molar-refractivity contribution in [2.24, 2.45) is 5.73 Å². The summed E-state index contributed by atoms with van der Waals surface area (Å²) in [6, 6.07) is 5.83. The number of hydrogen-bond donors (Lipinski definition) is 3. The van der Waals surface area contributed by atoms with E-state index in [0.717, 1.165) is 0 Å². The fraction of sp³-hybridized carbons (Fsp3) is 0.250. The van der Waals surface area contributed by atoms with Crippen molar-refractivity contribution < 1.29 is 18.4 Å². The summed E-state index contributed by atoms with van der Waals surface area (Å²) in [6.45, 7) is 2.30. The Hall–Kier alpha value is -2.67. The van der Waals surface area contributed by atoms with Crippen LogP contribution < -0.4 is 16.4 Å². The topological polar surface area (TPSA) is 97.4 Å². The van der Waals surface area contributed by atoms with Gasteiger partial charge in [-0.1, -0.05) is 6.07 Å². The molecule has 0 saturated heterocycles. The van der Waals surface area contributed by atoms with Crippen molar-refractivity contribution in [1.82, 2.24) is 10.6 Å². The number of furan rings is 1. The molecule has 23 heavy (non-hydrogen) atoms. The van der Waals surface area contributed by atoms with E-state index in [-0.39, 0.29) is 31.1 Å². The zero-order valence-electron chi connectivity index (χ0n) is 12.7. The smallest absolute Gasteiger partial charge is 0.254 e. The van der Waals surface area contributed by atoms with Crippen LogP contribution in [0, 0.1) is 12.7 Å². The van der Waals surface area contributed by atoms with Crippen LogP contribution in [0.25, 0.3) is 0 Å². The van der Waals surface area contributed by atoms with Gasteiger partial charge in [-0.2, -0.15) is 0 Å². The Morgan fingerprint density at radius 3 is 2.35 bits per heavy atom. The first kappa shape index (κ1) is 16.7. The van der Waals surface area contributed by atoms with Crippen molar-refractivity contribution in [3.8, 4) is 0 Å². The lowest BCUT2D eigenvalue weighted by molar-refractivity contribution is 0.0927. The minimum Gasteiger partial charge on any atom is -0.467 e. The number of halogens is 1. The largest absolute Gasteiger partial charge is 0.467 e. The van der Waals surface area contributed by atoms with E-state index in [9.17, 15) is 14.0 Å². The molecule has 2 rings (SSSR count). The third kappa shape index (κ3) is 4.40. The van der Waals surface area contributed by atoms with Crippen LogP contribution in [0.1, 0.15) is 32.0 Å². The SMILES string of the molecule is Cc1ccc(C(=O)NCCNC(=O)c2coc(CN)c2)cc1F. The van der Waals surface area contributed by atoms with Gasteiger partial charge in [0.1, 0.15) is 17.8 Å². The molecular formula is C16H18FN3O3. The highest BCUT2D eigenvalue weighted by Crippen LogP contribution is 2.09. The molecule has 0 aliphatic carbocycles. The van der Waals surface area contributed by atoms with E-state index in [2.05, 4.69) is 10.6 Å². The maximum Gasteiger partial charge on any atom is 0.254 e. The summed E-state index contributed by atoms with van der Waals surface area (Å²) in [5, 5.41) is 5.24. The molecule has 0 aliphatic heterocycles. The zero-order valence-corrected chi connectivity index (χ0v) is 12.7. The minimum absolute atomic E-state index is 0.219. The molecule has 2 aromatic rings. The van der Waals surface area contributed by atoms with Crippen molar-refractivity contribution in [2.75, 3.05) is 13.1 Å². The van der Waals surface area contributed by atoms with Gasteiger partial charge < -0.3 is 20.8 Å². The number of rotatable bonds is 6. The second-order valence-electron chi connectivity index (χ2n) is 4.98. The molecular weight excluding hydrogens is 301 g/mol. The summed E-state index contributed by atoms with van der Waals surface area (Å²) in [5.41, 5.74) is 6.48. The Kier molecular flexibility index (Phi) is 5.48. The molecule has 1 heterocycles. The number of hydrogen-bond acceptors (Lipinski definition) is 4. The number of carbonyl (C=O) groups excluding carboxylic acids is 2. The van der Waals surface area contributed by atoms with Gasteiger partial charge in [-0.3, -0.25) is 9.59 Å². The standard InChI is InChI=1S/C16H18FN3O3/c1-10-2-3-11(7-14(10)17)15(21)19-4-5-20-16(22)12-6-13(8-18)23-9-12/h2-3,6-7,9H,4-5,8,18H2,1H3,(H,19,21)(H,20,22). The maximum atomic E-state index is 13.4. The molecule has 0 unspecified atom stereocenters. The summed E-state index contributed by atoms with van der Waals surface area (Å²) >= 11 is 0. The fourth-order valence-electron chi connectivity index (χ4n) is 1.90. The summed E-state index contributed by atoms with van der Waals surface area (Å²) in [5.74, 6) is -0.623. The molecule has 0 radical (unpaired) electrons. The number of benzene rings is 1. The third-order valence-electron chi connectivity index (χ3n) is 3.25. The van der Waals surface area contributed by atoms with Crippen LogP contribution in [0.4, 0.5) is 4.39 Å². The van der Waals surface area contributed by atoms with Crippen LogP contribution in [0.2, 0.25) is 0 Å². The van der Waals surface area contributed by atoms with Crippen molar-refractivity contribution >= 4 is 11.8 Å². The summed E-state index contributed by atoms with van der Waals surface area (Å²) in [7, 11) is 0. The molecule has 0 saturated carbocycles. The fourth-order valence-corrected chi connectivity index (χ4v) is 1.90. The third-order valence-corrected chi connectivity index (χ3v) is 3.25. The highest BCUT2D eigenvalue weighted by Gasteiger charge is 2.10. The first-order valence-corrected chi connectivity index (χ1v) is 7.11. The van der Waals surface area contributed by atoms with Gasteiger partial charge in [0.15, 0.2) is 0 Å². The number of nitrogens with one attached hydrogen (secondary N) is 2. The molecule has 0 fully saturated rings. The van der Waals surface area contributed by atoms with Gasteiger partial charge in [-0.15, -0.1) is 0 Å². The van der Waals surface area contributed by atoms with Crippen LogP contribution in [-0.4, -0.2) is 24.9 Å². The number of amides is 2. The average molecular weight is 319 g/mol. The van der Waals surface area contributed by atoms with Gasteiger partial charge in [0.25, 0.3) is 11.8 Å². The Bertz CT molecular complexity index is 712. The van der Waals surface area contributed by atoms with Gasteiger partial charge >= 0.3 is 0 Å². The lowest BCUT2D eigenvalue weighted by atomic mass is 10.1. The van der Waals surface area contributed by atoms with Crippen LogP contribution in [-0.2, 0) is 6.54 Å². The van der Waals surface area contributed by atoms with Crippen LogP contribution in [0.15, 0.2) is 34.9 Å². The van der Waals surface area contributed by atoms with E-state index >= 15 is 0 Å². The lowest BCUT2D eigenvalue weighted by Crippen LogP contribution is -2.34. The monoisotopic (exact) mass is 319 g/mol. The highest BCUT2D eigenvalue weighted by atomic mass is 19.1. The van der Waals surface area contributed by atoms with Crippen molar-refractivity contribution in [1.29, 1.82) is 0 Å². The molecule has 0 aliphatic rings. The Morgan fingerprint density at radius 1 is 1.13 bits per heavy atom. The number of aryl methyl sites for hydroxylation is 1. The predicted molar refractivity (Wildman–Crippen MR) is 82.4 cm³/mol. The van der Waals surface area contributed by atoms with Crippen molar-refractivity contribution in [2.45, 2.75) is 13.5 Å². The quantitative estimate of drug-likeness (QED) is 0.700. The maximum absolute atomic E-state index is 13.4. The normalized spacial score (nSPS) is 10.4. The van der Waals surface area contributed by atoms with E-state index in [1.165, 1.54) is 12.3 Å². The zero-order chi connectivity index (χ0) is 16.8. The molecule has 1 aromatic heterocycles. The molecule has 1 aromatic carbocycles. The molecule has 0 spiro atoms.